The molecule has 20 heavy (non-hydrogen) atoms. The van der Waals surface area contributed by atoms with Crippen LogP contribution in [0.15, 0.2) is 30.7 Å². The molecule has 0 saturated carbocycles. The van der Waals surface area contributed by atoms with E-state index in [2.05, 4.69) is 31.3 Å². The second kappa shape index (κ2) is 5.15. The van der Waals surface area contributed by atoms with E-state index in [0.29, 0.717) is 29.0 Å². The molecule has 3 heterocycles. The quantitative estimate of drug-likeness (QED) is 0.721. The predicted molar refractivity (Wildman–Crippen MR) is 75.2 cm³/mol. The van der Waals surface area contributed by atoms with Crippen molar-refractivity contribution in [1.29, 1.82) is 5.26 Å². The Balaban J connectivity index is 1.98. The molecule has 3 rings (SSSR count). The standard InChI is InChI=1S/C13H9ClN6/c14-13-19-11(17-6-8-1-3-16-4-2-8)10-9(5-15)7-18-12(10)20-13/h1-4,7H,6H2,(H2,17,18,19,20). The van der Waals surface area contributed by atoms with Crippen molar-refractivity contribution in [2.24, 2.45) is 0 Å². The van der Waals surface area contributed by atoms with E-state index < -0.39 is 0 Å². The number of pyridine rings is 1. The molecule has 7 heteroatoms. The van der Waals surface area contributed by atoms with Crippen molar-refractivity contribution in [3.63, 3.8) is 0 Å². The van der Waals surface area contributed by atoms with Gasteiger partial charge in [0, 0.05) is 25.1 Å². The Labute approximate surface area is 119 Å². The molecule has 3 aromatic heterocycles. The van der Waals surface area contributed by atoms with Gasteiger partial charge in [-0.2, -0.15) is 15.2 Å². The Bertz CT molecular complexity index is 790. The zero-order valence-electron chi connectivity index (χ0n) is 10.3. The summed E-state index contributed by atoms with van der Waals surface area (Å²) in [5, 5.41) is 13.1. The number of H-pyrrole nitrogens is 1. The van der Waals surface area contributed by atoms with E-state index in [-0.39, 0.29) is 5.28 Å². The van der Waals surface area contributed by atoms with Crippen molar-refractivity contribution in [1.82, 2.24) is 19.9 Å². The average Bonchev–Trinajstić information content (AvgIpc) is 2.88. The monoisotopic (exact) mass is 284 g/mol. The lowest BCUT2D eigenvalue weighted by molar-refractivity contribution is 1.09. The SMILES string of the molecule is N#Cc1c[nH]c2nc(Cl)nc(NCc3ccncc3)c12. The van der Waals surface area contributed by atoms with E-state index in [4.69, 9.17) is 16.9 Å². The lowest BCUT2D eigenvalue weighted by Gasteiger charge is -2.07. The molecule has 0 atom stereocenters. The summed E-state index contributed by atoms with van der Waals surface area (Å²) < 4.78 is 0. The molecule has 0 radical (unpaired) electrons. The van der Waals surface area contributed by atoms with Gasteiger partial charge in [-0.15, -0.1) is 0 Å². The van der Waals surface area contributed by atoms with Crippen LogP contribution in [0.25, 0.3) is 11.0 Å². The maximum absolute atomic E-state index is 9.11. The number of aromatic amines is 1. The Morgan fingerprint density at radius 2 is 2.10 bits per heavy atom. The molecule has 98 valence electrons. The molecule has 0 unspecified atom stereocenters. The molecular weight excluding hydrogens is 276 g/mol. The zero-order valence-corrected chi connectivity index (χ0v) is 11.0. The molecule has 3 aromatic rings. The summed E-state index contributed by atoms with van der Waals surface area (Å²) in [5.74, 6) is 0.537. The molecular formula is C13H9ClN6. The highest BCUT2D eigenvalue weighted by Crippen LogP contribution is 2.25. The summed E-state index contributed by atoms with van der Waals surface area (Å²) in [6.07, 6.45) is 5.03. The van der Waals surface area contributed by atoms with Gasteiger partial charge in [-0.1, -0.05) is 0 Å². The smallest absolute Gasteiger partial charge is 0.226 e. The largest absolute Gasteiger partial charge is 0.365 e. The minimum atomic E-state index is 0.126. The second-order valence-electron chi connectivity index (χ2n) is 4.09. The summed E-state index contributed by atoms with van der Waals surface area (Å²) in [5.41, 5.74) is 2.07. The van der Waals surface area contributed by atoms with Crippen LogP contribution in [0.3, 0.4) is 0 Å². The van der Waals surface area contributed by atoms with Gasteiger partial charge in [0.05, 0.1) is 10.9 Å². The predicted octanol–water partition coefficient (Wildman–Crippen LogP) is 2.49. The minimum absolute atomic E-state index is 0.126. The first-order valence-corrected chi connectivity index (χ1v) is 6.23. The first-order chi connectivity index (χ1) is 9.78. The van der Waals surface area contributed by atoms with Crippen LogP contribution in [0.4, 0.5) is 5.82 Å². The van der Waals surface area contributed by atoms with E-state index in [9.17, 15) is 0 Å². The van der Waals surface area contributed by atoms with Gasteiger partial charge in [-0.25, -0.2) is 0 Å². The number of rotatable bonds is 3. The van der Waals surface area contributed by atoms with Gasteiger partial charge in [0.1, 0.15) is 17.5 Å². The maximum Gasteiger partial charge on any atom is 0.226 e. The van der Waals surface area contributed by atoms with Crippen LogP contribution in [0.2, 0.25) is 5.28 Å². The fraction of sp³-hybridized carbons (Fsp3) is 0.0769. The van der Waals surface area contributed by atoms with E-state index in [1.165, 1.54) is 0 Å². The number of fused-ring (bicyclic) bond motifs is 1. The van der Waals surface area contributed by atoms with Crippen LogP contribution in [0.5, 0.6) is 0 Å². The summed E-state index contributed by atoms with van der Waals surface area (Å²) in [6, 6.07) is 5.90. The fourth-order valence-corrected chi connectivity index (χ4v) is 2.08. The molecule has 6 nitrogen and oxygen atoms in total. The highest BCUT2D eigenvalue weighted by molar-refractivity contribution is 6.28. The molecule has 0 amide bonds. The third-order valence-corrected chi connectivity index (χ3v) is 3.00. The van der Waals surface area contributed by atoms with Gasteiger partial charge in [-0.3, -0.25) is 4.98 Å². The lowest BCUT2D eigenvalue weighted by Crippen LogP contribution is -2.03. The molecule has 2 N–H and O–H groups in total. The number of nitriles is 1. The highest BCUT2D eigenvalue weighted by Gasteiger charge is 2.12. The highest BCUT2D eigenvalue weighted by atomic mass is 35.5. The van der Waals surface area contributed by atoms with Gasteiger partial charge >= 0.3 is 0 Å². The van der Waals surface area contributed by atoms with Crippen molar-refractivity contribution < 1.29 is 0 Å². The van der Waals surface area contributed by atoms with Gasteiger partial charge in [0.15, 0.2) is 0 Å². The van der Waals surface area contributed by atoms with Crippen molar-refractivity contribution in [2.75, 3.05) is 5.32 Å². The second-order valence-corrected chi connectivity index (χ2v) is 4.43. The Morgan fingerprint density at radius 3 is 2.85 bits per heavy atom. The normalized spacial score (nSPS) is 10.4. The zero-order chi connectivity index (χ0) is 13.9. The van der Waals surface area contributed by atoms with Crippen LogP contribution in [-0.4, -0.2) is 19.9 Å². The number of anilines is 1. The molecule has 0 aliphatic rings. The maximum atomic E-state index is 9.11. The van der Waals surface area contributed by atoms with Gasteiger partial charge in [0.25, 0.3) is 0 Å². The van der Waals surface area contributed by atoms with Crippen LogP contribution in [0, 0.1) is 11.3 Å². The van der Waals surface area contributed by atoms with Crippen LogP contribution >= 0.6 is 11.6 Å². The first kappa shape index (κ1) is 12.4. The van der Waals surface area contributed by atoms with Gasteiger partial charge in [0.2, 0.25) is 5.28 Å². The van der Waals surface area contributed by atoms with Gasteiger partial charge in [-0.05, 0) is 29.3 Å². The Morgan fingerprint density at radius 1 is 1.30 bits per heavy atom. The van der Waals surface area contributed by atoms with E-state index in [1.54, 1.807) is 18.6 Å². The number of hydrogen-bond acceptors (Lipinski definition) is 5. The van der Waals surface area contributed by atoms with Crippen molar-refractivity contribution in [2.45, 2.75) is 6.54 Å². The van der Waals surface area contributed by atoms with Crippen LogP contribution in [-0.2, 0) is 6.54 Å². The molecule has 0 spiro atoms. The van der Waals surface area contributed by atoms with E-state index in [0.717, 1.165) is 5.56 Å². The number of hydrogen-bond donors (Lipinski definition) is 2. The number of halogens is 1. The van der Waals surface area contributed by atoms with Crippen molar-refractivity contribution in [3.05, 3.63) is 47.1 Å². The van der Waals surface area contributed by atoms with Crippen molar-refractivity contribution in [3.8, 4) is 6.07 Å². The molecule has 0 aliphatic carbocycles. The lowest BCUT2D eigenvalue weighted by atomic mass is 10.2. The van der Waals surface area contributed by atoms with E-state index in [1.807, 2.05) is 12.1 Å². The Hall–Kier alpha value is -2.65. The Kier molecular flexibility index (Phi) is 3.19. The average molecular weight is 285 g/mol. The summed E-state index contributed by atoms with van der Waals surface area (Å²) >= 11 is 5.88. The third kappa shape index (κ3) is 2.27. The van der Waals surface area contributed by atoms with E-state index >= 15 is 0 Å². The molecule has 0 fully saturated rings. The molecule has 0 aliphatic heterocycles. The molecule has 0 saturated heterocycles. The summed E-state index contributed by atoms with van der Waals surface area (Å²) in [4.78, 5) is 15.1. The topological polar surface area (TPSA) is 90.3 Å². The van der Waals surface area contributed by atoms with Crippen LogP contribution in [0.1, 0.15) is 11.1 Å². The summed E-state index contributed by atoms with van der Waals surface area (Å²) in [6.45, 7) is 0.557. The third-order valence-electron chi connectivity index (χ3n) is 2.83. The number of nitrogens with zero attached hydrogens (tertiary/aromatic N) is 4. The number of aromatic nitrogens is 4. The van der Waals surface area contributed by atoms with Crippen molar-refractivity contribution >= 4 is 28.5 Å². The number of nitrogens with one attached hydrogen (secondary N) is 2. The van der Waals surface area contributed by atoms with Crippen LogP contribution < -0.4 is 5.32 Å². The molecule has 0 bridgehead atoms. The fourth-order valence-electron chi connectivity index (χ4n) is 1.91. The minimum Gasteiger partial charge on any atom is -0.365 e. The first-order valence-electron chi connectivity index (χ1n) is 5.85. The molecule has 0 aromatic carbocycles. The van der Waals surface area contributed by atoms with Gasteiger partial charge < -0.3 is 10.3 Å². The summed E-state index contributed by atoms with van der Waals surface area (Å²) in [7, 11) is 0.